The van der Waals surface area contributed by atoms with Crippen LogP contribution in [0.4, 0.5) is 0 Å². The van der Waals surface area contributed by atoms with Crippen molar-refractivity contribution in [2.45, 2.75) is 65.5 Å². The van der Waals surface area contributed by atoms with Crippen molar-refractivity contribution < 1.29 is 28.9 Å². The normalized spacial score (nSPS) is 10.8. The van der Waals surface area contributed by atoms with Crippen LogP contribution in [-0.2, 0) is 22.3 Å². The second-order valence-electron chi connectivity index (χ2n) is 11.9. The first-order valence-corrected chi connectivity index (χ1v) is 15.5. The molecule has 2 aromatic carbocycles. The lowest BCUT2D eigenvalue weighted by Crippen LogP contribution is -2.34. The van der Waals surface area contributed by atoms with Crippen molar-refractivity contribution in [3.05, 3.63) is 113 Å². The molecule has 0 aliphatic carbocycles. The van der Waals surface area contributed by atoms with Gasteiger partial charge in [-0.1, -0.05) is 35.9 Å². The largest absolute Gasteiger partial charge is 0.508 e. The van der Waals surface area contributed by atoms with Crippen LogP contribution in [0, 0.1) is 0 Å². The summed E-state index contributed by atoms with van der Waals surface area (Å²) in [5.41, 5.74) is 14.3. The van der Waals surface area contributed by atoms with Crippen LogP contribution < -0.4 is 16.2 Å². The minimum atomic E-state index is -0.447. The lowest BCUT2D eigenvalue weighted by molar-refractivity contribution is 0.0514. The number of halogens is 1. The van der Waals surface area contributed by atoms with Gasteiger partial charge in [0.1, 0.15) is 22.2 Å². The second-order valence-corrected chi connectivity index (χ2v) is 12.2. The van der Waals surface area contributed by atoms with Crippen molar-refractivity contribution in [3.8, 4) is 17.4 Å². The second kappa shape index (κ2) is 18.6. The topological polar surface area (TPSA) is 160 Å². The van der Waals surface area contributed by atoms with E-state index >= 15 is 0 Å². The first-order chi connectivity index (χ1) is 22.1. The van der Waals surface area contributed by atoms with E-state index in [1.54, 1.807) is 56.4 Å². The van der Waals surface area contributed by atoms with E-state index in [1.165, 1.54) is 6.20 Å². The average molecular weight is 665 g/mol. The number of nitrogens with zero attached hydrogens (tertiary/aromatic N) is 2. The number of esters is 2. The molecule has 0 aliphatic rings. The van der Waals surface area contributed by atoms with Gasteiger partial charge in [0.2, 0.25) is 5.88 Å². The molecule has 0 spiro atoms. The molecule has 0 aliphatic heterocycles. The molecular formula is C36H45ClN4O6. The molecule has 0 saturated heterocycles. The highest BCUT2D eigenvalue weighted by Gasteiger charge is 2.16. The predicted octanol–water partition coefficient (Wildman–Crippen LogP) is 6.91. The Morgan fingerprint density at radius 3 is 1.64 bits per heavy atom. The number of hydrogen-bond donors (Lipinski definition) is 3. The van der Waals surface area contributed by atoms with E-state index in [2.05, 4.69) is 9.97 Å². The van der Waals surface area contributed by atoms with Gasteiger partial charge in [0.15, 0.2) is 0 Å². The first kappa shape index (κ1) is 38.7. The van der Waals surface area contributed by atoms with Crippen LogP contribution in [0.15, 0.2) is 85.2 Å². The summed E-state index contributed by atoms with van der Waals surface area (Å²) < 4.78 is 15.5. The Kier molecular flexibility index (Phi) is 15.3. The number of aromatic hydroxyl groups is 1. The maximum Gasteiger partial charge on any atom is 0.343 e. The Morgan fingerprint density at radius 2 is 1.17 bits per heavy atom. The number of carbonyl (C=O) groups is 2. The number of phenolic OH excluding ortho intramolecular Hbond substituents is 1. The predicted molar refractivity (Wildman–Crippen MR) is 184 cm³/mol. The quantitative estimate of drug-likeness (QED) is 0.120. The number of aromatic nitrogens is 2. The molecule has 252 valence electrons. The van der Waals surface area contributed by atoms with Crippen molar-refractivity contribution in [1.29, 1.82) is 0 Å². The summed E-state index contributed by atoms with van der Waals surface area (Å²) in [6.45, 7) is 12.1. The van der Waals surface area contributed by atoms with E-state index < -0.39 is 11.9 Å². The summed E-state index contributed by atoms with van der Waals surface area (Å²) in [7, 11) is 0. The molecule has 0 amide bonds. The Bertz CT molecular complexity index is 1550. The third kappa shape index (κ3) is 15.1. The Balaban J connectivity index is 0.000000270. The molecule has 0 unspecified atom stereocenters. The zero-order valence-electron chi connectivity index (χ0n) is 27.8. The van der Waals surface area contributed by atoms with Gasteiger partial charge in [-0.05, 0) is 114 Å². The number of hydrogen-bond acceptors (Lipinski definition) is 10. The fraction of sp³-hybridized carbons (Fsp3) is 0.333. The van der Waals surface area contributed by atoms with Gasteiger partial charge in [-0.2, -0.15) is 0 Å². The van der Waals surface area contributed by atoms with Crippen LogP contribution in [0.3, 0.4) is 0 Å². The van der Waals surface area contributed by atoms with Crippen LogP contribution in [0.5, 0.6) is 17.4 Å². The van der Waals surface area contributed by atoms with Crippen LogP contribution in [0.1, 0.15) is 73.4 Å². The fourth-order valence-electron chi connectivity index (χ4n) is 4.04. The van der Waals surface area contributed by atoms with Gasteiger partial charge in [0, 0.05) is 23.5 Å². The molecule has 2 aromatic heterocycles. The molecule has 4 rings (SSSR count). The van der Waals surface area contributed by atoms with Crippen LogP contribution >= 0.6 is 11.6 Å². The molecule has 4 aromatic rings. The minimum absolute atomic E-state index is 0.177. The van der Waals surface area contributed by atoms with Crippen molar-refractivity contribution in [2.75, 3.05) is 13.2 Å². The molecule has 10 nitrogen and oxygen atoms in total. The minimum Gasteiger partial charge on any atom is -0.508 e. The molecule has 0 fully saturated rings. The smallest absolute Gasteiger partial charge is 0.343 e. The Morgan fingerprint density at radius 1 is 0.723 bits per heavy atom. The molecular weight excluding hydrogens is 620 g/mol. The first-order valence-electron chi connectivity index (χ1n) is 15.1. The number of benzene rings is 2. The highest BCUT2D eigenvalue weighted by molar-refractivity contribution is 6.32. The molecule has 0 radical (unpaired) electrons. The third-order valence-corrected chi connectivity index (χ3v) is 6.22. The fourth-order valence-corrected chi connectivity index (χ4v) is 4.23. The Hall–Kier alpha value is -4.51. The van der Waals surface area contributed by atoms with E-state index in [0.29, 0.717) is 35.8 Å². The molecule has 2 heterocycles. The monoisotopic (exact) mass is 664 g/mol. The van der Waals surface area contributed by atoms with Crippen LogP contribution in [0.2, 0.25) is 5.15 Å². The van der Waals surface area contributed by atoms with E-state index in [0.717, 1.165) is 24.0 Å². The summed E-state index contributed by atoms with van der Waals surface area (Å²) in [5, 5.41) is 9.20. The van der Waals surface area contributed by atoms with Crippen molar-refractivity contribution in [1.82, 2.24) is 9.97 Å². The highest BCUT2D eigenvalue weighted by Crippen LogP contribution is 2.24. The summed E-state index contributed by atoms with van der Waals surface area (Å²) in [4.78, 5) is 30.9. The standard InChI is InChI=1S/C18H22N2O3.C10H15NO.C8H8ClNO2/c1-4-22-17(21)15-6-5-11-20-16(15)23-14-9-7-13(8-10-14)12-18(2,3)19;1-10(2,11)7-8-3-5-9(12)6-4-8;1-2-12-8(11)6-4-3-5-10-7(6)9/h5-11H,4,12,19H2,1-3H3;3-6,12H,7,11H2,1-2H3;3-5H,2H2,1H3. The highest BCUT2D eigenvalue weighted by atomic mass is 35.5. The van der Waals surface area contributed by atoms with Gasteiger partial charge < -0.3 is 30.8 Å². The van der Waals surface area contributed by atoms with E-state index in [-0.39, 0.29) is 22.1 Å². The zero-order valence-corrected chi connectivity index (χ0v) is 28.6. The molecule has 0 saturated carbocycles. The zero-order chi connectivity index (χ0) is 35.0. The lowest BCUT2D eigenvalue weighted by atomic mass is 9.96. The molecule has 47 heavy (non-hydrogen) atoms. The van der Waals surface area contributed by atoms with Gasteiger partial charge in [-0.15, -0.1) is 0 Å². The SMILES string of the molecule is CC(C)(N)Cc1ccc(O)cc1.CCOC(=O)c1cccnc1Cl.CCOC(=O)c1cccnc1Oc1ccc(CC(C)(C)N)cc1. The van der Waals surface area contributed by atoms with Gasteiger partial charge in [0.25, 0.3) is 0 Å². The number of phenols is 1. The molecule has 0 atom stereocenters. The number of carbonyl (C=O) groups excluding carboxylic acids is 2. The summed E-state index contributed by atoms with van der Waals surface area (Å²) in [6.07, 6.45) is 4.69. The third-order valence-electron chi connectivity index (χ3n) is 5.91. The maximum absolute atomic E-state index is 11.9. The van der Waals surface area contributed by atoms with E-state index in [4.69, 9.17) is 42.4 Å². The van der Waals surface area contributed by atoms with Gasteiger partial charge in [-0.25, -0.2) is 19.6 Å². The van der Waals surface area contributed by atoms with E-state index in [9.17, 15) is 9.59 Å². The number of pyridine rings is 2. The summed E-state index contributed by atoms with van der Waals surface area (Å²) >= 11 is 5.64. The average Bonchev–Trinajstić information content (AvgIpc) is 2.99. The van der Waals surface area contributed by atoms with Crippen molar-refractivity contribution in [2.24, 2.45) is 11.5 Å². The molecule has 0 bridgehead atoms. The van der Waals surface area contributed by atoms with Gasteiger partial charge >= 0.3 is 11.9 Å². The number of ether oxygens (including phenoxy) is 3. The van der Waals surface area contributed by atoms with Gasteiger partial charge in [-0.3, -0.25) is 0 Å². The van der Waals surface area contributed by atoms with Crippen molar-refractivity contribution >= 4 is 23.5 Å². The molecule has 5 N–H and O–H groups in total. The van der Waals surface area contributed by atoms with Crippen LogP contribution in [0.25, 0.3) is 0 Å². The summed E-state index contributed by atoms with van der Waals surface area (Å²) in [6, 6.07) is 21.3. The van der Waals surface area contributed by atoms with Crippen LogP contribution in [-0.4, -0.2) is 51.3 Å². The van der Waals surface area contributed by atoms with E-state index in [1.807, 2.05) is 64.1 Å². The lowest BCUT2D eigenvalue weighted by Gasteiger charge is -2.18. The van der Waals surface area contributed by atoms with Crippen molar-refractivity contribution in [3.63, 3.8) is 0 Å². The summed E-state index contributed by atoms with van der Waals surface area (Å²) in [5.74, 6) is 0.256. The molecule has 11 heteroatoms. The maximum atomic E-state index is 11.9. The number of rotatable bonds is 10. The number of nitrogens with two attached hydrogens (primary N) is 2. The Labute approximate surface area is 282 Å². The van der Waals surface area contributed by atoms with Gasteiger partial charge in [0.05, 0.1) is 18.8 Å².